The molecule has 0 unspecified atom stereocenters. The number of hydrogen-bond acceptors (Lipinski definition) is 5. The van der Waals surface area contributed by atoms with Crippen molar-refractivity contribution in [2.45, 2.75) is 12.5 Å². The minimum atomic E-state index is -0.00709. The first-order valence-electron chi connectivity index (χ1n) is 8.26. The second-order valence-corrected chi connectivity index (χ2v) is 5.75. The lowest BCUT2D eigenvalue weighted by atomic mass is 9.98. The van der Waals surface area contributed by atoms with Crippen LogP contribution in [0.15, 0.2) is 41.4 Å². The van der Waals surface area contributed by atoms with Gasteiger partial charge in [-0.1, -0.05) is 24.3 Å². The van der Waals surface area contributed by atoms with Crippen LogP contribution in [-0.2, 0) is 11.2 Å². The molecule has 0 bridgehead atoms. The van der Waals surface area contributed by atoms with Crippen molar-refractivity contribution in [1.29, 1.82) is 0 Å². The molecule has 0 saturated carbocycles. The van der Waals surface area contributed by atoms with E-state index in [0.717, 1.165) is 18.6 Å². The average Bonchev–Trinajstić information content (AvgIpc) is 2.67. The summed E-state index contributed by atoms with van der Waals surface area (Å²) in [6, 6.07) is 12.0. The highest BCUT2D eigenvalue weighted by atomic mass is 16.5. The first-order valence-corrected chi connectivity index (χ1v) is 8.26. The molecular weight excluding hydrogens is 318 g/mol. The van der Waals surface area contributed by atoms with Gasteiger partial charge in [0.25, 0.3) is 0 Å². The number of rotatable bonds is 6. The zero-order valence-corrected chi connectivity index (χ0v) is 14.8. The highest BCUT2D eigenvalue weighted by Gasteiger charge is 2.19. The molecule has 0 N–H and O–H groups in total. The van der Waals surface area contributed by atoms with Crippen LogP contribution in [0.3, 0.4) is 0 Å². The maximum Gasteiger partial charge on any atom is 0.164 e. The molecule has 0 aromatic heterocycles. The third kappa shape index (κ3) is 3.77. The number of hydrogen-bond donors (Lipinski definition) is 0. The van der Waals surface area contributed by atoms with E-state index in [9.17, 15) is 0 Å². The molecule has 5 heteroatoms. The molecule has 132 valence electrons. The van der Waals surface area contributed by atoms with Crippen LogP contribution in [0.25, 0.3) is 0 Å². The van der Waals surface area contributed by atoms with E-state index in [1.165, 1.54) is 11.1 Å². The van der Waals surface area contributed by atoms with Gasteiger partial charge in [-0.25, -0.2) is 0 Å². The maximum atomic E-state index is 5.89. The summed E-state index contributed by atoms with van der Waals surface area (Å²) in [5.41, 5.74) is 3.41. The van der Waals surface area contributed by atoms with Gasteiger partial charge < -0.3 is 18.9 Å². The number of methoxy groups -OCH3 is 3. The summed E-state index contributed by atoms with van der Waals surface area (Å²) >= 11 is 0. The lowest BCUT2D eigenvalue weighted by molar-refractivity contribution is 0.0489. The highest BCUT2D eigenvalue weighted by Crippen LogP contribution is 2.34. The van der Waals surface area contributed by atoms with E-state index in [1.54, 1.807) is 33.6 Å². The Hall–Kier alpha value is -2.53. The molecule has 25 heavy (non-hydrogen) atoms. The molecule has 3 rings (SSSR count). The molecule has 1 aliphatic rings. The molecule has 1 atom stereocenters. The predicted octanol–water partition coefficient (Wildman–Crippen LogP) is 3.45. The van der Waals surface area contributed by atoms with Crippen molar-refractivity contribution in [1.82, 2.24) is 0 Å². The summed E-state index contributed by atoms with van der Waals surface area (Å²) in [5.74, 6) is 1.96. The Morgan fingerprint density at radius 3 is 2.52 bits per heavy atom. The second-order valence-electron chi connectivity index (χ2n) is 5.75. The molecule has 0 saturated heterocycles. The van der Waals surface area contributed by atoms with Crippen molar-refractivity contribution < 1.29 is 18.9 Å². The highest BCUT2D eigenvalue weighted by molar-refractivity contribution is 5.85. The van der Waals surface area contributed by atoms with Gasteiger partial charge in [-0.3, -0.25) is 4.99 Å². The number of aliphatic imine (C=N–C) groups is 1. The smallest absolute Gasteiger partial charge is 0.164 e. The monoisotopic (exact) mass is 341 g/mol. The quantitative estimate of drug-likeness (QED) is 0.755. The molecule has 5 nitrogen and oxygen atoms in total. The fraction of sp³-hybridized carbons (Fsp3) is 0.350. The summed E-state index contributed by atoms with van der Waals surface area (Å²) in [5, 5.41) is 0. The molecular formula is C20H23NO4. The predicted molar refractivity (Wildman–Crippen MR) is 97.4 cm³/mol. The Balaban J connectivity index is 1.79. The third-order valence-corrected chi connectivity index (χ3v) is 4.33. The van der Waals surface area contributed by atoms with Crippen molar-refractivity contribution >= 4 is 6.21 Å². The van der Waals surface area contributed by atoms with Crippen LogP contribution in [0.5, 0.6) is 17.2 Å². The van der Waals surface area contributed by atoms with Crippen LogP contribution in [0.2, 0.25) is 0 Å². The first kappa shape index (κ1) is 17.3. The Labute approximate surface area is 148 Å². The van der Waals surface area contributed by atoms with E-state index < -0.39 is 0 Å². The Bertz CT molecular complexity index is 757. The Morgan fingerprint density at radius 2 is 1.76 bits per heavy atom. The van der Waals surface area contributed by atoms with Crippen LogP contribution < -0.4 is 14.2 Å². The van der Waals surface area contributed by atoms with Crippen molar-refractivity contribution in [3.8, 4) is 17.2 Å². The van der Waals surface area contributed by atoms with E-state index in [2.05, 4.69) is 23.2 Å². The largest absolute Gasteiger partial charge is 0.496 e. The molecule has 0 spiro atoms. The molecule has 0 amide bonds. The fourth-order valence-electron chi connectivity index (χ4n) is 3.03. The lowest BCUT2D eigenvalue weighted by Gasteiger charge is -2.24. The maximum absolute atomic E-state index is 5.89. The molecule has 1 aliphatic heterocycles. The summed E-state index contributed by atoms with van der Waals surface area (Å²) in [6.45, 7) is 1.30. The van der Waals surface area contributed by atoms with Gasteiger partial charge in [0.15, 0.2) is 11.5 Å². The second kappa shape index (κ2) is 8.03. The first-order chi connectivity index (χ1) is 12.3. The number of fused-ring (bicyclic) bond motifs is 1. The Morgan fingerprint density at radius 1 is 1.04 bits per heavy atom. The van der Waals surface area contributed by atoms with Crippen LogP contribution in [0.4, 0.5) is 0 Å². The van der Waals surface area contributed by atoms with Crippen molar-refractivity contribution in [3.63, 3.8) is 0 Å². The average molecular weight is 341 g/mol. The van der Waals surface area contributed by atoms with Gasteiger partial charge in [0.2, 0.25) is 0 Å². The third-order valence-electron chi connectivity index (χ3n) is 4.33. The number of nitrogens with zero attached hydrogens (tertiary/aromatic N) is 1. The summed E-state index contributed by atoms with van der Waals surface area (Å²) < 4.78 is 22.0. The zero-order valence-electron chi connectivity index (χ0n) is 14.8. The summed E-state index contributed by atoms with van der Waals surface area (Å²) in [6.07, 6.45) is 2.74. The SMILES string of the molecule is COc1cc(OC)c(OC)cc1C=NC[C@H]1OCCc2ccccc21. The molecule has 0 radical (unpaired) electrons. The van der Waals surface area contributed by atoms with Gasteiger partial charge >= 0.3 is 0 Å². The van der Waals surface area contributed by atoms with Crippen LogP contribution in [-0.4, -0.2) is 40.7 Å². The van der Waals surface area contributed by atoms with Gasteiger partial charge in [0.05, 0.1) is 34.5 Å². The van der Waals surface area contributed by atoms with Crippen molar-refractivity contribution in [2.24, 2.45) is 4.99 Å². The van der Waals surface area contributed by atoms with E-state index in [1.807, 2.05) is 12.1 Å². The molecule has 0 aliphatic carbocycles. The minimum Gasteiger partial charge on any atom is -0.496 e. The van der Waals surface area contributed by atoms with Crippen LogP contribution >= 0.6 is 0 Å². The van der Waals surface area contributed by atoms with E-state index in [-0.39, 0.29) is 6.10 Å². The number of benzene rings is 2. The summed E-state index contributed by atoms with van der Waals surface area (Å²) in [7, 11) is 4.83. The molecule has 0 fully saturated rings. The summed E-state index contributed by atoms with van der Waals surface area (Å²) in [4.78, 5) is 4.58. The molecule has 2 aromatic rings. The van der Waals surface area contributed by atoms with Crippen molar-refractivity contribution in [3.05, 3.63) is 53.1 Å². The van der Waals surface area contributed by atoms with E-state index in [0.29, 0.717) is 23.8 Å². The topological polar surface area (TPSA) is 49.3 Å². The van der Waals surface area contributed by atoms with Gasteiger partial charge in [-0.05, 0) is 23.6 Å². The van der Waals surface area contributed by atoms with Crippen LogP contribution in [0, 0.1) is 0 Å². The van der Waals surface area contributed by atoms with Gasteiger partial charge in [-0.2, -0.15) is 0 Å². The minimum absolute atomic E-state index is 0.00709. The fourth-order valence-corrected chi connectivity index (χ4v) is 3.03. The van der Waals surface area contributed by atoms with Gasteiger partial charge in [-0.15, -0.1) is 0 Å². The molecule has 1 heterocycles. The van der Waals surface area contributed by atoms with Crippen LogP contribution in [0.1, 0.15) is 22.8 Å². The standard InChI is InChI=1S/C20H23NO4/c1-22-17-11-19(24-3)18(23-2)10-15(17)12-21-13-20-16-7-5-4-6-14(16)8-9-25-20/h4-7,10-12,20H,8-9,13H2,1-3H3/t20-/m1/s1. The van der Waals surface area contributed by atoms with Crippen molar-refractivity contribution in [2.75, 3.05) is 34.5 Å². The molecule has 2 aromatic carbocycles. The van der Waals surface area contributed by atoms with E-state index >= 15 is 0 Å². The van der Waals surface area contributed by atoms with E-state index in [4.69, 9.17) is 18.9 Å². The normalized spacial score (nSPS) is 16.5. The van der Waals surface area contributed by atoms with Gasteiger partial charge in [0.1, 0.15) is 11.9 Å². The lowest BCUT2D eigenvalue weighted by Crippen LogP contribution is -2.18. The Kier molecular flexibility index (Phi) is 5.56. The number of ether oxygens (including phenoxy) is 4. The van der Waals surface area contributed by atoms with Gasteiger partial charge in [0, 0.05) is 17.8 Å². The zero-order chi connectivity index (χ0) is 17.6.